The number of ether oxygens (including phenoxy) is 1. The van der Waals surface area contributed by atoms with Crippen molar-refractivity contribution in [1.82, 2.24) is 0 Å². The maximum absolute atomic E-state index is 12.2. The molecule has 16 heavy (non-hydrogen) atoms. The Hall–Kier alpha value is -1.04. The molecule has 0 spiro atoms. The summed E-state index contributed by atoms with van der Waals surface area (Å²) in [6.07, 6.45) is -8.96. The number of nitriles is 1. The van der Waals surface area contributed by atoms with Crippen LogP contribution in [0.2, 0.25) is 0 Å². The van der Waals surface area contributed by atoms with Gasteiger partial charge >= 0.3 is 18.5 Å². The van der Waals surface area contributed by atoms with Crippen LogP contribution in [0.15, 0.2) is 0 Å². The third-order valence-corrected chi connectivity index (χ3v) is 1.45. The zero-order valence-electron chi connectivity index (χ0n) is 7.57. The maximum Gasteiger partial charge on any atom is 0.406 e. The molecule has 0 aliphatic heterocycles. The largest absolute Gasteiger partial charge is 0.406 e. The molecule has 0 aromatic heterocycles. The number of halogens is 7. The second kappa shape index (κ2) is 5.34. The Morgan fingerprint density at radius 2 is 1.62 bits per heavy atom. The van der Waals surface area contributed by atoms with Crippen LogP contribution in [0.1, 0.15) is 0 Å². The monoisotopic (exact) mass is 253 g/mol. The van der Waals surface area contributed by atoms with Crippen molar-refractivity contribution in [2.75, 3.05) is 13.2 Å². The topological polar surface area (TPSA) is 33.0 Å². The molecular formula is C7H6F7NO. The molecule has 0 amide bonds. The van der Waals surface area contributed by atoms with Crippen LogP contribution < -0.4 is 0 Å². The summed E-state index contributed by atoms with van der Waals surface area (Å²) in [5, 5.41) is 8.01. The van der Waals surface area contributed by atoms with Crippen LogP contribution in [0.25, 0.3) is 0 Å². The van der Waals surface area contributed by atoms with E-state index >= 15 is 0 Å². The number of nitrogens with zero attached hydrogens (tertiary/aromatic N) is 1. The van der Waals surface area contributed by atoms with Crippen LogP contribution in [0.5, 0.6) is 0 Å². The molecular weight excluding hydrogens is 247 g/mol. The standard InChI is InChI=1S/C7H6F7NO/c8-5(9)6(10,11)3-16-2-4(1-15)7(12,13)14/h4-5H,2-3H2. The lowest BCUT2D eigenvalue weighted by atomic mass is 10.2. The highest BCUT2D eigenvalue weighted by Crippen LogP contribution is 2.27. The Balaban J connectivity index is 4.13. The lowest BCUT2D eigenvalue weighted by Crippen LogP contribution is -2.34. The van der Waals surface area contributed by atoms with Crippen LogP contribution in [0.3, 0.4) is 0 Å². The van der Waals surface area contributed by atoms with Crippen molar-refractivity contribution < 1.29 is 35.5 Å². The third-order valence-electron chi connectivity index (χ3n) is 1.45. The van der Waals surface area contributed by atoms with Crippen molar-refractivity contribution in [3.63, 3.8) is 0 Å². The molecule has 1 unspecified atom stereocenters. The molecule has 0 aromatic carbocycles. The smallest absolute Gasteiger partial charge is 0.373 e. The molecule has 2 nitrogen and oxygen atoms in total. The van der Waals surface area contributed by atoms with Crippen LogP contribution in [-0.2, 0) is 4.74 Å². The molecule has 0 N–H and O–H groups in total. The van der Waals surface area contributed by atoms with Crippen molar-refractivity contribution in [3.8, 4) is 6.07 Å². The van der Waals surface area contributed by atoms with Gasteiger partial charge in [0.05, 0.1) is 12.7 Å². The molecule has 94 valence electrons. The van der Waals surface area contributed by atoms with Gasteiger partial charge < -0.3 is 4.74 Å². The fourth-order valence-electron chi connectivity index (χ4n) is 0.581. The summed E-state index contributed by atoms with van der Waals surface area (Å²) >= 11 is 0. The first-order valence-corrected chi connectivity index (χ1v) is 3.81. The summed E-state index contributed by atoms with van der Waals surface area (Å²) in [5.41, 5.74) is 0. The van der Waals surface area contributed by atoms with Gasteiger partial charge in [-0.3, -0.25) is 0 Å². The molecule has 0 rings (SSSR count). The van der Waals surface area contributed by atoms with Gasteiger partial charge in [-0.15, -0.1) is 0 Å². The van der Waals surface area contributed by atoms with Crippen LogP contribution in [0, 0.1) is 17.2 Å². The predicted octanol–water partition coefficient (Wildman–Crippen LogP) is 2.61. The van der Waals surface area contributed by atoms with Gasteiger partial charge in [-0.25, -0.2) is 8.78 Å². The summed E-state index contributed by atoms with van der Waals surface area (Å²) in [5.74, 6) is -7.13. The zero-order chi connectivity index (χ0) is 13.0. The molecule has 1 atom stereocenters. The molecule has 0 radical (unpaired) electrons. The van der Waals surface area contributed by atoms with Gasteiger partial charge in [0.2, 0.25) is 0 Å². The van der Waals surface area contributed by atoms with Crippen molar-refractivity contribution in [1.29, 1.82) is 5.26 Å². The molecule has 0 saturated heterocycles. The summed E-state index contributed by atoms with van der Waals surface area (Å²) in [6, 6.07) is 0.775. The maximum atomic E-state index is 12.2. The van der Waals surface area contributed by atoms with Crippen molar-refractivity contribution in [2.45, 2.75) is 18.5 Å². The van der Waals surface area contributed by atoms with E-state index in [-0.39, 0.29) is 0 Å². The number of alkyl halides is 7. The normalized spacial score (nSPS) is 14.9. The zero-order valence-corrected chi connectivity index (χ0v) is 7.57. The van der Waals surface area contributed by atoms with E-state index in [2.05, 4.69) is 4.74 Å². The fraction of sp³-hybridized carbons (Fsp3) is 0.857. The van der Waals surface area contributed by atoms with Crippen LogP contribution >= 0.6 is 0 Å². The van der Waals surface area contributed by atoms with E-state index in [4.69, 9.17) is 5.26 Å². The van der Waals surface area contributed by atoms with E-state index in [0.29, 0.717) is 0 Å². The second-order valence-electron chi connectivity index (χ2n) is 2.80. The predicted molar refractivity (Wildman–Crippen MR) is 36.9 cm³/mol. The average molecular weight is 253 g/mol. The average Bonchev–Trinajstić information content (AvgIpc) is 2.10. The Morgan fingerprint density at radius 1 is 1.12 bits per heavy atom. The summed E-state index contributed by atoms with van der Waals surface area (Å²) in [7, 11) is 0. The van der Waals surface area contributed by atoms with E-state index in [1.807, 2.05) is 0 Å². The molecule has 0 saturated carbocycles. The van der Waals surface area contributed by atoms with Gasteiger partial charge in [-0.2, -0.15) is 27.2 Å². The Bertz CT molecular complexity index is 256. The quantitative estimate of drug-likeness (QED) is 0.705. The minimum Gasteiger partial charge on any atom is -0.373 e. The Kier molecular flexibility index (Phi) is 4.99. The molecule has 0 bridgehead atoms. The van der Waals surface area contributed by atoms with Gasteiger partial charge in [0.15, 0.2) is 5.92 Å². The number of hydrogen-bond acceptors (Lipinski definition) is 2. The molecule has 0 aliphatic rings. The second-order valence-corrected chi connectivity index (χ2v) is 2.80. The first-order valence-electron chi connectivity index (χ1n) is 3.81. The minimum absolute atomic E-state index is 0.775. The van der Waals surface area contributed by atoms with Crippen molar-refractivity contribution in [2.24, 2.45) is 5.92 Å². The van der Waals surface area contributed by atoms with Crippen molar-refractivity contribution >= 4 is 0 Å². The lowest BCUT2D eigenvalue weighted by molar-refractivity contribution is -0.195. The first-order chi connectivity index (χ1) is 7.11. The highest BCUT2D eigenvalue weighted by atomic mass is 19.4. The van der Waals surface area contributed by atoms with Gasteiger partial charge in [0.1, 0.15) is 6.61 Å². The van der Waals surface area contributed by atoms with Gasteiger partial charge in [0.25, 0.3) is 0 Å². The summed E-state index contributed by atoms with van der Waals surface area (Å²) < 4.78 is 86.7. The minimum atomic E-state index is -4.94. The van der Waals surface area contributed by atoms with E-state index in [1.54, 1.807) is 0 Å². The Morgan fingerprint density at radius 3 is 1.94 bits per heavy atom. The van der Waals surface area contributed by atoms with E-state index in [9.17, 15) is 30.7 Å². The summed E-state index contributed by atoms with van der Waals surface area (Å²) in [4.78, 5) is 0. The van der Waals surface area contributed by atoms with Crippen LogP contribution in [0.4, 0.5) is 30.7 Å². The van der Waals surface area contributed by atoms with Gasteiger partial charge in [-0.1, -0.05) is 0 Å². The highest BCUT2D eigenvalue weighted by Gasteiger charge is 2.43. The third kappa shape index (κ3) is 4.65. The SMILES string of the molecule is N#CC(COCC(F)(F)C(F)F)C(F)(F)F. The lowest BCUT2D eigenvalue weighted by Gasteiger charge is -2.17. The number of hydrogen-bond donors (Lipinski definition) is 0. The van der Waals surface area contributed by atoms with E-state index in [1.165, 1.54) is 0 Å². The highest BCUT2D eigenvalue weighted by molar-refractivity contribution is 4.88. The number of rotatable bonds is 5. The molecule has 0 fully saturated rings. The summed E-state index contributed by atoms with van der Waals surface area (Å²) in [6.45, 7) is -3.26. The van der Waals surface area contributed by atoms with E-state index in [0.717, 1.165) is 6.07 Å². The van der Waals surface area contributed by atoms with Gasteiger partial charge in [-0.05, 0) is 0 Å². The molecule has 9 heteroatoms. The molecule has 0 aromatic rings. The van der Waals surface area contributed by atoms with E-state index < -0.39 is 37.7 Å². The Labute approximate surface area is 85.6 Å². The molecule has 0 aliphatic carbocycles. The van der Waals surface area contributed by atoms with Crippen molar-refractivity contribution in [3.05, 3.63) is 0 Å². The van der Waals surface area contributed by atoms with Crippen LogP contribution in [-0.4, -0.2) is 31.7 Å². The first kappa shape index (κ1) is 15.0. The fourth-order valence-corrected chi connectivity index (χ4v) is 0.581. The molecule has 0 heterocycles. The van der Waals surface area contributed by atoms with Gasteiger partial charge in [0, 0.05) is 0 Å².